The normalized spacial score (nSPS) is 11.7. The van der Waals surface area contributed by atoms with E-state index in [-0.39, 0.29) is 0 Å². The zero-order valence-corrected chi connectivity index (χ0v) is 24.8. The van der Waals surface area contributed by atoms with Crippen molar-refractivity contribution < 1.29 is 5.21 Å². The molecule has 0 aliphatic heterocycles. The largest absolute Gasteiger partial charge is 0.314 e. The van der Waals surface area contributed by atoms with E-state index in [0.29, 0.717) is 0 Å². The second kappa shape index (κ2) is 31.9. The molecule has 0 fully saturated rings. The third kappa shape index (κ3) is 31.9. The van der Waals surface area contributed by atoms with Gasteiger partial charge in [0.2, 0.25) is 0 Å². The van der Waals surface area contributed by atoms with Crippen LogP contribution < -0.4 is 0 Å². The van der Waals surface area contributed by atoms with Gasteiger partial charge in [-0.15, -0.1) is 0 Å². The third-order valence-electron chi connectivity index (χ3n) is 7.79. The van der Waals surface area contributed by atoms with Gasteiger partial charge in [0.1, 0.15) is 0 Å². The lowest BCUT2D eigenvalue weighted by molar-refractivity contribution is -0.0925. The first-order valence-corrected chi connectivity index (χ1v) is 16.7. The van der Waals surface area contributed by atoms with Crippen LogP contribution in [0.25, 0.3) is 0 Å². The molecule has 0 unspecified atom stereocenters. The van der Waals surface area contributed by atoms with Crippen LogP contribution in [0.4, 0.5) is 0 Å². The quantitative estimate of drug-likeness (QED) is 0.0763. The van der Waals surface area contributed by atoms with Gasteiger partial charge in [-0.05, 0) is 12.8 Å². The summed E-state index contributed by atoms with van der Waals surface area (Å²) in [6.45, 7) is 6.33. The van der Waals surface area contributed by atoms with Crippen LogP contribution in [-0.2, 0) is 0 Å². The lowest BCUT2D eigenvalue weighted by atomic mass is 10.0. The summed E-state index contributed by atoms with van der Waals surface area (Å²) in [7, 11) is 0. The minimum atomic E-state index is 0.872. The highest BCUT2D eigenvalue weighted by atomic mass is 16.5. The van der Waals surface area contributed by atoms with Gasteiger partial charge in [-0.2, -0.15) is 5.06 Å². The molecule has 2 heteroatoms. The summed E-state index contributed by atoms with van der Waals surface area (Å²) in [5.41, 5.74) is 0. The molecule has 0 aromatic heterocycles. The molecule has 0 atom stereocenters. The van der Waals surface area contributed by atoms with Crippen molar-refractivity contribution in [3.8, 4) is 0 Å². The van der Waals surface area contributed by atoms with Gasteiger partial charge in [-0.1, -0.05) is 187 Å². The Morgan fingerprint density at radius 1 is 0.286 bits per heavy atom. The van der Waals surface area contributed by atoms with Gasteiger partial charge in [-0.3, -0.25) is 0 Å². The van der Waals surface area contributed by atoms with E-state index in [1.807, 2.05) is 0 Å². The maximum atomic E-state index is 10.1. The van der Waals surface area contributed by atoms with Crippen molar-refractivity contribution in [3.05, 3.63) is 0 Å². The van der Waals surface area contributed by atoms with Crippen LogP contribution in [0.5, 0.6) is 0 Å². The van der Waals surface area contributed by atoms with E-state index < -0.39 is 0 Å². The lowest BCUT2D eigenvalue weighted by Gasteiger charge is -2.14. The molecule has 0 aromatic rings. The van der Waals surface area contributed by atoms with Crippen LogP contribution in [0.2, 0.25) is 0 Å². The van der Waals surface area contributed by atoms with Crippen LogP contribution in [0, 0.1) is 0 Å². The summed E-state index contributed by atoms with van der Waals surface area (Å²) < 4.78 is 0. The Morgan fingerprint density at radius 3 is 0.657 bits per heavy atom. The van der Waals surface area contributed by atoms with Crippen molar-refractivity contribution in [2.75, 3.05) is 13.1 Å². The standard InChI is InChI=1S/C33H69NO/c1-3-5-7-9-11-13-15-17-18-19-21-23-25-27-29-31-33-34(35)32-30-28-26-24-22-20-16-14-12-10-8-6-4-2/h35H,3-33H2,1-2H3. The molecule has 0 spiro atoms. The van der Waals surface area contributed by atoms with Crippen molar-refractivity contribution in [3.63, 3.8) is 0 Å². The summed E-state index contributed by atoms with van der Waals surface area (Å²) in [5.74, 6) is 0. The average Bonchev–Trinajstić information content (AvgIpc) is 2.86. The fraction of sp³-hybridized carbons (Fsp3) is 1.00. The van der Waals surface area contributed by atoms with E-state index in [4.69, 9.17) is 0 Å². The number of hydrogen-bond acceptors (Lipinski definition) is 2. The topological polar surface area (TPSA) is 23.5 Å². The molecule has 0 aliphatic carbocycles. The van der Waals surface area contributed by atoms with Crippen molar-refractivity contribution in [2.45, 2.75) is 200 Å². The first kappa shape index (κ1) is 34.9. The molecule has 0 aromatic carbocycles. The SMILES string of the molecule is CCCCCCCCCCCCCCCCCCN(O)CCCCCCCCCCCCCCC. The first-order valence-electron chi connectivity index (χ1n) is 16.7. The van der Waals surface area contributed by atoms with Crippen molar-refractivity contribution >= 4 is 0 Å². The Labute approximate surface area is 223 Å². The maximum absolute atomic E-state index is 10.1. The number of unbranched alkanes of at least 4 members (excludes halogenated alkanes) is 27. The van der Waals surface area contributed by atoms with E-state index in [0.717, 1.165) is 25.9 Å². The predicted molar refractivity (Wildman–Crippen MR) is 159 cm³/mol. The highest BCUT2D eigenvalue weighted by Crippen LogP contribution is 2.15. The van der Waals surface area contributed by atoms with E-state index in [9.17, 15) is 5.21 Å². The Kier molecular flexibility index (Phi) is 31.9. The Bertz CT molecular complexity index is 359. The molecule has 1 N–H and O–H groups in total. The molecule has 0 saturated carbocycles. The van der Waals surface area contributed by atoms with Crippen LogP contribution in [0.3, 0.4) is 0 Å². The molecular weight excluding hydrogens is 426 g/mol. The number of nitrogens with zero attached hydrogens (tertiary/aromatic N) is 1. The van der Waals surface area contributed by atoms with Crippen molar-refractivity contribution in [1.82, 2.24) is 5.06 Å². The molecule has 0 radical (unpaired) electrons. The van der Waals surface area contributed by atoms with Gasteiger partial charge in [0, 0.05) is 13.1 Å². The summed E-state index contributed by atoms with van der Waals surface area (Å²) >= 11 is 0. The molecule has 0 rings (SSSR count). The third-order valence-corrected chi connectivity index (χ3v) is 7.79. The number of hydroxylamine groups is 2. The van der Waals surface area contributed by atoms with Crippen molar-refractivity contribution in [2.24, 2.45) is 0 Å². The van der Waals surface area contributed by atoms with E-state index >= 15 is 0 Å². The van der Waals surface area contributed by atoms with Crippen LogP contribution >= 0.6 is 0 Å². The first-order chi connectivity index (χ1) is 17.3. The number of hydrogen-bond donors (Lipinski definition) is 1. The zero-order valence-electron chi connectivity index (χ0n) is 24.8. The van der Waals surface area contributed by atoms with Crippen LogP contribution in [-0.4, -0.2) is 23.4 Å². The monoisotopic (exact) mass is 496 g/mol. The molecule has 212 valence electrons. The van der Waals surface area contributed by atoms with E-state index in [1.165, 1.54) is 173 Å². The fourth-order valence-electron chi connectivity index (χ4n) is 5.27. The molecule has 2 nitrogen and oxygen atoms in total. The Hall–Kier alpha value is -0.0800. The molecular formula is C33H69NO. The molecule has 0 aliphatic rings. The lowest BCUT2D eigenvalue weighted by Crippen LogP contribution is -2.21. The van der Waals surface area contributed by atoms with Gasteiger partial charge in [0.15, 0.2) is 0 Å². The minimum absolute atomic E-state index is 0.872. The Morgan fingerprint density at radius 2 is 0.457 bits per heavy atom. The van der Waals surface area contributed by atoms with Crippen LogP contribution in [0.1, 0.15) is 200 Å². The molecule has 0 amide bonds. The van der Waals surface area contributed by atoms with Gasteiger partial charge in [0.25, 0.3) is 0 Å². The molecule has 35 heavy (non-hydrogen) atoms. The second-order valence-electron chi connectivity index (χ2n) is 11.5. The smallest absolute Gasteiger partial charge is 0.0238 e. The van der Waals surface area contributed by atoms with Gasteiger partial charge < -0.3 is 5.21 Å². The molecule has 0 bridgehead atoms. The van der Waals surface area contributed by atoms with Gasteiger partial charge >= 0.3 is 0 Å². The maximum Gasteiger partial charge on any atom is 0.0238 e. The summed E-state index contributed by atoms with van der Waals surface area (Å²) in [6, 6.07) is 0. The van der Waals surface area contributed by atoms with Gasteiger partial charge in [0.05, 0.1) is 0 Å². The minimum Gasteiger partial charge on any atom is -0.314 e. The molecule has 0 heterocycles. The number of rotatable bonds is 31. The van der Waals surface area contributed by atoms with E-state index in [2.05, 4.69) is 13.8 Å². The van der Waals surface area contributed by atoms with E-state index in [1.54, 1.807) is 5.06 Å². The summed E-state index contributed by atoms with van der Waals surface area (Å²) in [6.07, 6.45) is 40.5. The fourth-order valence-corrected chi connectivity index (χ4v) is 5.27. The highest BCUT2D eigenvalue weighted by molar-refractivity contribution is 4.53. The second-order valence-corrected chi connectivity index (χ2v) is 11.5. The van der Waals surface area contributed by atoms with Gasteiger partial charge in [-0.25, -0.2) is 0 Å². The molecule has 0 saturated heterocycles. The van der Waals surface area contributed by atoms with Crippen molar-refractivity contribution in [1.29, 1.82) is 0 Å². The zero-order chi connectivity index (χ0) is 25.5. The highest BCUT2D eigenvalue weighted by Gasteiger charge is 2.01. The predicted octanol–water partition coefficient (Wildman–Crippen LogP) is 12.0. The summed E-state index contributed by atoms with van der Waals surface area (Å²) in [4.78, 5) is 0. The average molecular weight is 496 g/mol. The summed E-state index contributed by atoms with van der Waals surface area (Å²) in [5, 5.41) is 11.7. The Balaban J connectivity index is 3.13. The van der Waals surface area contributed by atoms with Crippen LogP contribution in [0.15, 0.2) is 0 Å².